The van der Waals surface area contributed by atoms with E-state index < -0.39 is 0 Å². The van der Waals surface area contributed by atoms with Crippen molar-refractivity contribution in [3.8, 4) is 0 Å². The molecule has 0 fully saturated rings. The first-order valence-corrected chi connectivity index (χ1v) is 5.43. The van der Waals surface area contributed by atoms with Gasteiger partial charge in [-0.2, -0.15) is 0 Å². The van der Waals surface area contributed by atoms with Gasteiger partial charge in [-0.05, 0) is 41.9 Å². The Kier molecular flexibility index (Phi) is 4.14. The molecular weight excluding hydrogens is 240 g/mol. The highest BCUT2D eigenvalue weighted by atomic mass is 79.9. The summed E-state index contributed by atoms with van der Waals surface area (Å²) in [4.78, 5) is 6.54. The Hall–Kier alpha value is -0.830. The van der Waals surface area contributed by atoms with Crippen LogP contribution >= 0.6 is 15.9 Å². The van der Waals surface area contributed by atoms with E-state index in [4.69, 9.17) is 0 Å². The van der Waals surface area contributed by atoms with E-state index in [0.717, 1.165) is 16.8 Å². The normalized spacial score (nSPS) is 10.3. The molecule has 0 unspecified atom stereocenters. The Morgan fingerprint density at radius 3 is 2.71 bits per heavy atom. The van der Waals surface area contributed by atoms with Gasteiger partial charge in [0.15, 0.2) is 0 Å². The standard InChI is InChI=1S/C11H15BrN2/c1-4-7-14(9(2)3)11-6-5-10(12)8-13-11/h4-6,8-9H,1,7H2,2-3H3. The zero-order valence-corrected chi connectivity index (χ0v) is 10.2. The summed E-state index contributed by atoms with van der Waals surface area (Å²) < 4.78 is 1.00. The first-order valence-electron chi connectivity index (χ1n) is 4.64. The van der Waals surface area contributed by atoms with Gasteiger partial charge in [0.05, 0.1) is 0 Å². The average molecular weight is 255 g/mol. The zero-order chi connectivity index (χ0) is 10.6. The molecule has 0 amide bonds. The molecule has 14 heavy (non-hydrogen) atoms. The molecule has 1 aromatic heterocycles. The van der Waals surface area contributed by atoms with Crippen molar-refractivity contribution in [1.82, 2.24) is 4.98 Å². The summed E-state index contributed by atoms with van der Waals surface area (Å²) in [7, 11) is 0. The van der Waals surface area contributed by atoms with Gasteiger partial charge < -0.3 is 4.90 Å². The monoisotopic (exact) mass is 254 g/mol. The number of aromatic nitrogens is 1. The summed E-state index contributed by atoms with van der Waals surface area (Å²) in [6, 6.07) is 4.44. The van der Waals surface area contributed by atoms with Crippen LogP contribution in [0.25, 0.3) is 0 Å². The topological polar surface area (TPSA) is 16.1 Å². The summed E-state index contributed by atoms with van der Waals surface area (Å²) in [6.45, 7) is 8.87. The third kappa shape index (κ3) is 2.84. The van der Waals surface area contributed by atoms with Crippen molar-refractivity contribution in [2.24, 2.45) is 0 Å². The molecule has 0 aliphatic rings. The second-order valence-corrected chi connectivity index (χ2v) is 4.29. The number of hydrogen-bond donors (Lipinski definition) is 0. The molecule has 0 aliphatic carbocycles. The third-order valence-electron chi connectivity index (χ3n) is 1.96. The van der Waals surface area contributed by atoms with E-state index in [9.17, 15) is 0 Å². The van der Waals surface area contributed by atoms with E-state index in [1.807, 2.05) is 24.4 Å². The van der Waals surface area contributed by atoms with Crippen LogP contribution in [0, 0.1) is 0 Å². The molecule has 1 aromatic rings. The SMILES string of the molecule is C=CCN(c1ccc(Br)cn1)C(C)C. The lowest BCUT2D eigenvalue weighted by Gasteiger charge is -2.26. The van der Waals surface area contributed by atoms with E-state index in [1.54, 1.807) is 0 Å². The molecule has 0 aromatic carbocycles. The van der Waals surface area contributed by atoms with Gasteiger partial charge in [-0.1, -0.05) is 6.08 Å². The first-order chi connectivity index (χ1) is 6.65. The summed E-state index contributed by atoms with van der Waals surface area (Å²) in [5, 5.41) is 0. The van der Waals surface area contributed by atoms with Gasteiger partial charge in [0, 0.05) is 23.3 Å². The van der Waals surface area contributed by atoms with Crippen LogP contribution in [0.15, 0.2) is 35.5 Å². The van der Waals surface area contributed by atoms with Gasteiger partial charge in [-0.15, -0.1) is 6.58 Å². The highest BCUT2D eigenvalue weighted by Gasteiger charge is 2.09. The van der Waals surface area contributed by atoms with Crippen LogP contribution in [0.4, 0.5) is 5.82 Å². The van der Waals surface area contributed by atoms with Crippen molar-refractivity contribution in [3.05, 3.63) is 35.5 Å². The number of halogens is 1. The molecule has 1 rings (SSSR count). The van der Waals surface area contributed by atoms with Crippen LogP contribution in [0.5, 0.6) is 0 Å². The fourth-order valence-electron chi connectivity index (χ4n) is 1.25. The number of rotatable bonds is 4. The minimum atomic E-state index is 0.432. The van der Waals surface area contributed by atoms with Gasteiger partial charge in [0.2, 0.25) is 0 Å². The van der Waals surface area contributed by atoms with Gasteiger partial charge in [0.25, 0.3) is 0 Å². The minimum absolute atomic E-state index is 0.432. The van der Waals surface area contributed by atoms with E-state index in [0.29, 0.717) is 6.04 Å². The smallest absolute Gasteiger partial charge is 0.129 e. The third-order valence-corrected chi connectivity index (χ3v) is 2.42. The molecule has 0 N–H and O–H groups in total. The fourth-order valence-corrected chi connectivity index (χ4v) is 1.48. The second kappa shape index (κ2) is 5.15. The number of nitrogens with zero attached hydrogens (tertiary/aromatic N) is 2. The number of hydrogen-bond acceptors (Lipinski definition) is 2. The van der Waals surface area contributed by atoms with Gasteiger partial charge >= 0.3 is 0 Å². The average Bonchev–Trinajstić information content (AvgIpc) is 2.15. The molecule has 0 saturated carbocycles. The van der Waals surface area contributed by atoms with Gasteiger partial charge in [-0.25, -0.2) is 4.98 Å². The first kappa shape index (κ1) is 11.2. The summed E-state index contributed by atoms with van der Waals surface area (Å²) in [6.07, 6.45) is 3.71. The Bertz CT molecular complexity index is 293. The summed E-state index contributed by atoms with van der Waals surface area (Å²) >= 11 is 3.37. The molecule has 76 valence electrons. The number of anilines is 1. The quantitative estimate of drug-likeness (QED) is 0.768. The van der Waals surface area contributed by atoms with E-state index in [-0.39, 0.29) is 0 Å². The van der Waals surface area contributed by atoms with Crippen LogP contribution in [-0.2, 0) is 0 Å². The summed E-state index contributed by atoms with van der Waals surface area (Å²) in [5.41, 5.74) is 0. The van der Waals surface area contributed by atoms with Crippen molar-refractivity contribution in [3.63, 3.8) is 0 Å². The van der Waals surface area contributed by atoms with Crippen LogP contribution in [0.3, 0.4) is 0 Å². The molecule has 1 heterocycles. The zero-order valence-electron chi connectivity index (χ0n) is 8.57. The molecule has 0 bridgehead atoms. The van der Waals surface area contributed by atoms with Crippen molar-refractivity contribution in [2.45, 2.75) is 19.9 Å². The Morgan fingerprint density at radius 2 is 2.29 bits per heavy atom. The van der Waals surface area contributed by atoms with Crippen LogP contribution in [0.2, 0.25) is 0 Å². The second-order valence-electron chi connectivity index (χ2n) is 3.37. The van der Waals surface area contributed by atoms with Crippen molar-refractivity contribution < 1.29 is 0 Å². The molecular formula is C11H15BrN2. The Labute approximate surface area is 93.8 Å². The van der Waals surface area contributed by atoms with Crippen molar-refractivity contribution in [2.75, 3.05) is 11.4 Å². The summed E-state index contributed by atoms with van der Waals surface area (Å²) in [5.74, 6) is 0.989. The van der Waals surface area contributed by atoms with Gasteiger partial charge in [-0.3, -0.25) is 0 Å². The van der Waals surface area contributed by atoms with Crippen LogP contribution in [-0.4, -0.2) is 17.6 Å². The predicted octanol–water partition coefficient (Wildman–Crippen LogP) is 3.24. The van der Waals surface area contributed by atoms with Gasteiger partial charge in [0.1, 0.15) is 5.82 Å². The molecule has 3 heteroatoms. The maximum atomic E-state index is 4.35. The minimum Gasteiger partial charge on any atom is -0.350 e. The van der Waals surface area contributed by atoms with Crippen LogP contribution in [0.1, 0.15) is 13.8 Å². The molecule has 0 saturated heterocycles. The number of pyridine rings is 1. The molecule has 0 radical (unpaired) electrons. The van der Waals surface area contributed by atoms with E-state index in [1.165, 1.54) is 0 Å². The van der Waals surface area contributed by atoms with E-state index >= 15 is 0 Å². The molecule has 0 aliphatic heterocycles. The van der Waals surface area contributed by atoms with E-state index in [2.05, 4.69) is 46.2 Å². The highest BCUT2D eigenvalue weighted by molar-refractivity contribution is 9.10. The Balaban J connectivity index is 2.87. The lowest BCUT2D eigenvalue weighted by molar-refractivity contribution is 0.712. The van der Waals surface area contributed by atoms with Crippen molar-refractivity contribution >= 4 is 21.7 Å². The lowest BCUT2D eigenvalue weighted by atomic mass is 10.3. The molecule has 2 nitrogen and oxygen atoms in total. The molecule has 0 atom stereocenters. The predicted molar refractivity (Wildman–Crippen MR) is 64.6 cm³/mol. The Morgan fingerprint density at radius 1 is 1.57 bits per heavy atom. The van der Waals surface area contributed by atoms with Crippen LogP contribution < -0.4 is 4.90 Å². The fraction of sp³-hybridized carbons (Fsp3) is 0.364. The lowest BCUT2D eigenvalue weighted by Crippen LogP contribution is -2.31. The maximum absolute atomic E-state index is 4.35. The van der Waals surface area contributed by atoms with Crippen molar-refractivity contribution in [1.29, 1.82) is 0 Å². The largest absolute Gasteiger partial charge is 0.350 e. The highest BCUT2D eigenvalue weighted by Crippen LogP contribution is 2.16. The maximum Gasteiger partial charge on any atom is 0.129 e. The molecule has 0 spiro atoms.